The van der Waals surface area contributed by atoms with Crippen LogP contribution in [0.3, 0.4) is 0 Å². The largest absolute Gasteiger partial charge is 0.494 e. The minimum atomic E-state index is -0.824. The minimum Gasteiger partial charge on any atom is -0.494 e. The Morgan fingerprint density at radius 2 is 1.96 bits per heavy atom. The molecule has 3 rings (SSSR count). The summed E-state index contributed by atoms with van der Waals surface area (Å²) in [5.74, 6) is -2.31. The van der Waals surface area contributed by atoms with Crippen molar-refractivity contribution < 1.29 is 33.0 Å². The van der Waals surface area contributed by atoms with Gasteiger partial charge in [0.15, 0.2) is 24.0 Å². The van der Waals surface area contributed by atoms with Crippen molar-refractivity contribution >= 4 is 23.7 Å². The monoisotopic (exact) mass is 392 g/mol. The summed E-state index contributed by atoms with van der Waals surface area (Å²) in [5.41, 5.74) is -0.779. The maximum absolute atomic E-state index is 13.6. The Balaban J connectivity index is 1.48. The number of carbonyl (C=O) groups excluding carboxylic acids is 4. The summed E-state index contributed by atoms with van der Waals surface area (Å²) in [6, 6.07) is 3.17. The molecule has 1 saturated heterocycles. The number of carbonyl (C=O) groups is 4. The molecule has 1 aromatic rings. The second-order valence-corrected chi connectivity index (χ2v) is 6.86. The van der Waals surface area contributed by atoms with Gasteiger partial charge in [-0.15, -0.1) is 0 Å². The standard InChI is InChI=1S/C19H21FN2O6/c1-27-15-5-4-12(10-13(15)20)14(23)11-28-16(24)6-9-22-17(25)19(21-18(22)26)7-2-3-8-19/h4-5,10H,2-3,6-9,11H2,1H3,(H,21,26). The van der Waals surface area contributed by atoms with Crippen LogP contribution in [0.15, 0.2) is 18.2 Å². The van der Waals surface area contributed by atoms with E-state index in [0.717, 1.165) is 23.8 Å². The van der Waals surface area contributed by atoms with Gasteiger partial charge in [0.1, 0.15) is 5.54 Å². The third kappa shape index (κ3) is 3.83. The molecule has 1 aliphatic heterocycles. The zero-order chi connectivity index (χ0) is 20.3. The summed E-state index contributed by atoms with van der Waals surface area (Å²) in [4.78, 5) is 49.4. The van der Waals surface area contributed by atoms with Crippen molar-refractivity contribution in [3.05, 3.63) is 29.6 Å². The molecule has 2 fully saturated rings. The fraction of sp³-hybridized carbons (Fsp3) is 0.474. The number of rotatable bonds is 7. The Morgan fingerprint density at radius 3 is 2.61 bits per heavy atom. The summed E-state index contributed by atoms with van der Waals surface area (Å²) in [5, 5.41) is 2.72. The highest BCUT2D eigenvalue weighted by atomic mass is 19.1. The van der Waals surface area contributed by atoms with E-state index in [9.17, 15) is 23.6 Å². The number of imide groups is 1. The fourth-order valence-electron chi connectivity index (χ4n) is 3.54. The second kappa shape index (κ2) is 7.95. The number of ketones is 1. The molecule has 150 valence electrons. The molecule has 28 heavy (non-hydrogen) atoms. The Labute approximate surface area is 161 Å². The lowest BCUT2D eigenvalue weighted by atomic mass is 9.98. The number of amides is 3. The normalized spacial score (nSPS) is 17.7. The molecule has 1 aliphatic carbocycles. The van der Waals surface area contributed by atoms with Crippen molar-refractivity contribution in [2.24, 2.45) is 0 Å². The maximum atomic E-state index is 13.6. The van der Waals surface area contributed by atoms with Gasteiger partial charge in [0, 0.05) is 12.1 Å². The number of esters is 1. The first kappa shape index (κ1) is 19.8. The smallest absolute Gasteiger partial charge is 0.325 e. The molecule has 0 bridgehead atoms. The van der Waals surface area contributed by atoms with E-state index in [1.807, 2.05) is 0 Å². The van der Waals surface area contributed by atoms with Crippen molar-refractivity contribution in [3.8, 4) is 5.75 Å². The highest BCUT2D eigenvalue weighted by Gasteiger charge is 2.52. The van der Waals surface area contributed by atoms with E-state index >= 15 is 0 Å². The number of hydrogen-bond acceptors (Lipinski definition) is 6. The van der Waals surface area contributed by atoms with Crippen molar-refractivity contribution in [2.45, 2.75) is 37.6 Å². The molecule has 2 aliphatic rings. The number of nitrogens with zero attached hydrogens (tertiary/aromatic N) is 1. The average Bonchev–Trinajstić information content (AvgIpc) is 3.23. The van der Waals surface area contributed by atoms with Crippen LogP contribution in [-0.4, -0.2) is 54.4 Å². The number of methoxy groups -OCH3 is 1. The van der Waals surface area contributed by atoms with Crippen molar-refractivity contribution in [1.82, 2.24) is 10.2 Å². The van der Waals surface area contributed by atoms with Crippen LogP contribution in [0, 0.1) is 5.82 Å². The highest BCUT2D eigenvalue weighted by Crippen LogP contribution is 2.35. The summed E-state index contributed by atoms with van der Waals surface area (Å²) in [6.45, 7) is -0.675. The summed E-state index contributed by atoms with van der Waals surface area (Å²) < 4.78 is 23.3. The molecule has 8 nitrogen and oxygen atoms in total. The molecule has 9 heteroatoms. The maximum Gasteiger partial charge on any atom is 0.325 e. The Hall–Kier alpha value is -2.97. The van der Waals surface area contributed by atoms with Crippen LogP contribution in [0.2, 0.25) is 0 Å². The number of nitrogens with one attached hydrogen (secondary N) is 1. The number of Topliss-reactive ketones (excluding diaryl/α,β-unsaturated/α-hetero) is 1. The van der Waals surface area contributed by atoms with Gasteiger partial charge >= 0.3 is 12.0 Å². The van der Waals surface area contributed by atoms with Gasteiger partial charge in [-0.25, -0.2) is 9.18 Å². The molecule has 0 unspecified atom stereocenters. The van der Waals surface area contributed by atoms with E-state index in [0.29, 0.717) is 12.8 Å². The van der Waals surface area contributed by atoms with E-state index < -0.39 is 35.7 Å². The second-order valence-electron chi connectivity index (χ2n) is 6.86. The van der Waals surface area contributed by atoms with E-state index in [1.165, 1.54) is 19.2 Å². The van der Waals surface area contributed by atoms with Gasteiger partial charge in [-0.05, 0) is 31.0 Å². The molecule has 1 heterocycles. The van der Waals surface area contributed by atoms with Gasteiger partial charge in [0.05, 0.1) is 13.5 Å². The molecule has 0 radical (unpaired) electrons. The summed E-state index contributed by atoms with van der Waals surface area (Å²) in [7, 11) is 1.31. The third-order valence-electron chi connectivity index (χ3n) is 5.08. The average molecular weight is 392 g/mol. The lowest BCUT2D eigenvalue weighted by Crippen LogP contribution is -2.44. The van der Waals surface area contributed by atoms with Crippen LogP contribution < -0.4 is 10.1 Å². The molecule has 3 amide bonds. The van der Waals surface area contributed by atoms with Crippen LogP contribution in [0.4, 0.5) is 9.18 Å². The van der Waals surface area contributed by atoms with Gasteiger partial charge in [0.25, 0.3) is 5.91 Å². The van der Waals surface area contributed by atoms with Gasteiger partial charge < -0.3 is 14.8 Å². The summed E-state index contributed by atoms with van der Waals surface area (Å²) >= 11 is 0. The van der Waals surface area contributed by atoms with Crippen LogP contribution in [-0.2, 0) is 14.3 Å². The molecule has 1 aromatic carbocycles. The zero-order valence-corrected chi connectivity index (χ0v) is 15.5. The molecule has 1 saturated carbocycles. The Kier molecular flexibility index (Phi) is 5.62. The summed E-state index contributed by atoms with van der Waals surface area (Å²) in [6.07, 6.45) is 2.72. The van der Waals surface area contributed by atoms with Gasteiger partial charge in [-0.2, -0.15) is 0 Å². The molecule has 0 atom stereocenters. The first-order valence-electron chi connectivity index (χ1n) is 9.03. The number of hydrogen-bond donors (Lipinski definition) is 1. The van der Waals surface area contributed by atoms with Crippen molar-refractivity contribution in [1.29, 1.82) is 0 Å². The highest BCUT2D eigenvalue weighted by molar-refractivity contribution is 6.07. The number of urea groups is 1. The van der Waals surface area contributed by atoms with E-state index in [1.54, 1.807) is 0 Å². The molecule has 1 spiro atoms. The topological polar surface area (TPSA) is 102 Å². The number of ether oxygens (including phenoxy) is 2. The molecular weight excluding hydrogens is 371 g/mol. The predicted molar refractivity (Wildman–Crippen MR) is 94.3 cm³/mol. The first-order chi connectivity index (χ1) is 13.4. The lowest BCUT2D eigenvalue weighted by molar-refractivity contribution is -0.143. The Morgan fingerprint density at radius 1 is 1.25 bits per heavy atom. The fourth-order valence-corrected chi connectivity index (χ4v) is 3.54. The predicted octanol–water partition coefficient (Wildman–Crippen LogP) is 1.81. The number of halogens is 1. The van der Waals surface area contributed by atoms with Gasteiger partial charge in [-0.3, -0.25) is 19.3 Å². The minimum absolute atomic E-state index is 0.00198. The van der Waals surface area contributed by atoms with E-state index in [4.69, 9.17) is 9.47 Å². The van der Waals surface area contributed by atoms with Gasteiger partial charge in [-0.1, -0.05) is 12.8 Å². The zero-order valence-electron chi connectivity index (χ0n) is 15.5. The third-order valence-corrected chi connectivity index (χ3v) is 5.08. The lowest BCUT2D eigenvalue weighted by Gasteiger charge is -2.19. The molecule has 1 N–H and O–H groups in total. The first-order valence-corrected chi connectivity index (χ1v) is 9.03. The number of benzene rings is 1. The molecule has 0 aromatic heterocycles. The SMILES string of the molecule is COc1ccc(C(=O)COC(=O)CCN2C(=O)NC3(CCCC3)C2=O)cc1F. The van der Waals surface area contributed by atoms with E-state index in [2.05, 4.69) is 5.32 Å². The van der Waals surface area contributed by atoms with Crippen LogP contribution in [0.25, 0.3) is 0 Å². The van der Waals surface area contributed by atoms with E-state index in [-0.39, 0.29) is 30.2 Å². The van der Waals surface area contributed by atoms with Crippen LogP contribution in [0.1, 0.15) is 42.5 Å². The quantitative estimate of drug-likeness (QED) is 0.431. The van der Waals surface area contributed by atoms with Crippen LogP contribution in [0.5, 0.6) is 5.75 Å². The molecular formula is C19H21FN2O6. The van der Waals surface area contributed by atoms with Crippen molar-refractivity contribution in [3.63, 3.8) is 0 Å². The Bertz CT molecular complexity index is 819. The van der Waals surface area contributed by atoms with Gasteiger partial charge in [0.2, 0.25) is 0 Å². The van der Waals surface area contributed by atoms with Crippen molar-refractivity contribution in [2.75, 3.05) is 20.3 Å². The van der Waals surface area contributed by atoms with Crippen LogP contribution >= 0.6 is 0 Å².